The van der Waals surface area contributed by atoms with Crippen LogP contribution in [0.15, 0.2) is 29.2 Å². The van der Waals surface area contributed by atoms with Gasteiger partial charge in [-0.2, -0.15) is 4.31 Å². The van der Waals surface area contributed by atoms with Gasteiger partial charge in [0.2, 0.25) is 15.9 Å². The van der Waals surface area contributed by atoms with E-state index in [0.717, 1.165) is 25.8 Å². The summed E-state index contributed by atoms with van der Waals surface area (Å²) in [5.41, 5.74) is 0.609. The molecule has 0 saturated heterocycles. The smallest absolute Gasteiger partial charge is 0.243 e. The Morgan fingerprint density at radius 2 is 1.67 bits per heavy atom. The molecule has 1 aromatic rings. The zero-order chi connectivity index (χ0) is 20.4. The van der Waals surface area contributed by atoms with Crippen molar-refractivity contribution in [2.24, 2.45) is 0 Å². The molecule has 1 aromatic carbocycles. The first-order valence-electron chi connectivity index (χ1n) is 9.94. The third-order valence-electron chi connectivity index (χ3n) is 4.84. The van der Waals surface area contributed by atoms with E-state index < -0.39 is 10.0 Å². The first-order chi connectivity index (χ1) is 12.8. The van der Waals surface area contributed by atoms with E-state index in [1.54, 1.807) is 24.3 Å². The summed E-state index contributed by atoms with van der Waals surface area (Å²) in [6.07, 6.45) is 3.15. The number of anilines is 1. The molecule has 1 atom stereocenters. The van der Waals surface area contributed by atoms with Crippen molar-refractivity contribution >= 4 is 21.6 Å². The zero-order valence-electron chi connectivity index (χ0n) is 17.4. The van der Waals surface area contributed by atoms with E-state index in [2.05, 4.69) is 31.0 Å². The lowest BCUT2D eigenvalue weighted by Gasteiger charge is -2.27. The summed E-state index contributed by atoms with van der Waals surface area (Å²) in [5.74, 6) is -0.0780. The molecule has 7 heteroatoms. The Hall–Kier alpha value is -1.44. The normalized spacial score (nSPS) is 13.1. The van der Waals surface area contributed by atoms with Crippen LogP contribution in [-0.2, 0) is 14.8 Å². The highest BCUT2D eigenvalue weighted by Crippen LogP contribution is 2.18. The van der Waals surface area contributed by atoms with Crippen LogP contribution < -0.4 is 5.32 Å². The van der Waals surface area contributed by atoms with Gasteiger partial charge in [0.05, 0.1) is 11.4 Å². The van der Waals surface area contributed by atoms with Gasteiger partial charge in [-0.25, -0.2) is 8.42 Å². The Morgan fingerprint density at radius 3 is 2.15 bits per heavy atom. The molecular formula is C20H35N3O3S. The van der Waals surface area contributed by atoms with Crippen LogP contribution >= 0.6 is 0 Å². The number of rotatable bonds is 12. The van der Waals surface area contributed by atoms with E-state index in [0.29, 0.717) is 31.4 Å². The van der Waals surface area contributed by atoms with Crippen molar-refractivity contribution < 1.29 is 13.2 Å². The van der Waals surface area contributed by atoms with E-state index in [9.17, 15) is 13.2 Å². The van der Waals surface area contributed by atoms with Crippen molar-refractivity contribution in [1.82, 2.24) is 9.21 Å². The molecule has 0 aliphatic heterocycles. The predicted molar refractivity (Wildman–Crippen MR) is 111 cm³/mol. The van der Waals surface area contributed by atoms with Crippen LogP contribution in [0.5, 0.6) is 0 Å². The Bertz CT molecular complexity index is 670. The molecule has 27 heavy (non-hydrogen) atoms. The number of nitrogens with zero attached hydrogens (tertiary/aromatic N) is 2. The average Bonchev–Trinajstić information content (AvgIpc) is 2.65. The topological polar surface area (TPSA) is 69.7 Å². The molecule has 0 fully saturated rings. The molecule has 0 aliphatic carbocycles. The summed E-state index contributed by atoms with van der Waals surface area (Å²) in [4.78, 5) is 14.8. The lowest BCUT2D eigenvalue weighted by Crippen LogP contribution is -2.39. The minimum Gasteiger partial charge on any atom is -0.325 e. The van der Waals surface area contributed by atoms with Gasteiger partial charge in [0.25, 0.3) is 0 Å². The van der Waals surface area contributed by atoms with Crippen LogP contribution in [0.1, 0.15) is 53.9 Å². The molecule has 0 aliphatic rings. The fourth-order valence-electron chi connectivity index (χ4n) is 2.88. The van der Waals surface area contributed by atoms with Crippen molar-refractivity contribution in [3.05, 3.63) is 24.3 Å². The van der Waals surface area contributed by atoms with Gasteiger partial charge < -0.3 is 5.32 Å². The van der Waals surface area contributed by atoms with Gasteiger partial charge in [0.15, 0.2) is 0 Å². The number of nitrogens with one attached hydrogen (secondary N) is 1. The average molecular weight is 398 g/mol. The third kappa shape index (κ3) is 6.90. The predicted octanol–water partition coefficient (Wildman–Crippen LogP) is 3.56. The maximum absolute atomic E-state index is 12.5. The van der Waals surface area contributed by atoms with Crippen LogP contribution in [0, 0.1) is 0 Å². The maximum atomic E-state index is 12.5. The number of hydrogen-bond acceptors (Lipinski definition) is 4. The van der Waals surface area contributed by atoms with E-state index in [-0.39, 0.29) is 10.8 Å². The highest BCUT2D eigenvalue weighted by atomic mass is 32.2. The maximum Gasteiger partial charge on any atom is 0.243 e. The number of hydrogen-bond donors (Lipinski definition) is 1. The molecular weight excluding hydrogens is 362 g/mol. The van der Waals surface area contributed by atoms with E-state index in [1.807, 2.05) is 13.8 Å². The van der Waals surface area contributed by atoms with Crippen LogP contribution in [0.2, 0.25) is 0 Å². The molecule has 6 nitrogen and oxygen atoms in total. The van der Waals surface area contributed by atoms with E-state index >= 15 is 0 Å². The van der Waals surface area contributed by atoms with E-state index in [1.165, 1.54) is 4.31 Å². The molecule has 1 amide bonds. The summed E-state index contributed by atoms with van der Waals surface area (Å²) in [6.45, 7) is 12.1. The van der Waals surface area contributed by atoms with Gasteiger partial charge in [-0.15, -0.1) is 0 Å². The molecule has 1 unspecified atom stereocenters. The minimum absolute atomic E-state index is 0.0780. The van der Waals surface area contributed by atoms with Crippen molar-refractivity contribution in [2.75, 3.05) is 31.5 Å². The Labute approximate surface area is 165 Å². The molecule has 0 radical (unpaired) electrons. The summed E-state index contributed by atoms with van der Waals surface area (Å²) in [6, 6.07) is 6.74. The van der Waals surface area contributed by atoms with Crippen LogP contribution in [0.4, 0.5) is 5.69 Å². The molecule has 0 heterocycles. The molecule has 0 bridgehead atoms. The number of carbonyl (C=O) groups is 1. The van der Waals surface area contributed by atoms with Crippen molar-refractivity contribution in [3.8, 4) is 0 Å². The molecule has 0 saturated carbocycles. The second-order valence-corrected chi connectivity index (χ2v) is 8.68. The SMILES string of the molecule is CCCCN(CC(=O)Nc1ccc(S(=O)(=O)N(CC)CC)cc1)C(C)CC. The lowest BCUT2D eigenvalue weighted by atomic mass is 10.2. The zero-order valence-corrected chi connectivity index (χ0v) is 18.2. The van der Waals surface area contributed by atoms with Crippen molar-refractivity contribution in [2.45, 2.75) is 64.8 Å². The summed E-state index contributed by atoms with van der Waals surface area (Å²) in [7, 11) is -3.48. The number of sulfonamides is 1. The van der Waals surface area contributed by atoms with Gasteiger partial charge in [0, 0.05) is 24.8 Å². The summed E-state index contributed by atoms with van der Waals surface area (Å²) in [5, 5.41) is 2.87. The molecule has 154 valence electrons. The third-order valence-corrected chi connectivity index (χ3v) is 6.91. The molecule has 0 aromatic heterocycles. The van der Waals surface area contributed by atoms with Gasteiger partial charge in [-0.05, 0) is 50.6 Å². The summed E-state index contributed by atoms with van der Waals surface area (Å²) >= 11 is 0. The van der Waals surface area contributed by atoms with Crippen LogP contribution in [0.25, 0.3) is 0 Å². The first kappa shape index (κ1) is 23.6. The first-order valence-corrected chi connectivity index (χ1v) is 11.4. The monoisotopic (exact) mass is 397 g/mol. The van der Waals surface area contributed by atoms with Crippen LogP contribution in [-0.4, -0.2) is 55.8 Å². The van der Waals surface area contributed by atoms with Crippen LogP contribution in [0.3, 0.4) is 0 Å². The molecule has 1 rings (SSSR count). The summed E-state index contributed by atoms with van der Waals surface area (Å²) < 4.78 is 26.4. The Balaban J connectivity index is 2.78. The van der Waals surface area contributed by atoms with Gasteiger partial charge in [-0.3, -0.25) is 9.69 Å². The molecule has 0 spiro atoms. The minimum atomic E-state index is -3.48. The number of unbranched alkanes of at least 4 members (excludes halogenated alkanes) is 1. The van der Waals surface area contributed by atoms with Gasteiger partial charge in [0.1, 0.15) is 0 Å². The number of amides is 1. The number of carbonyl (C=O) groups excluding carboxylic acids is 1. The van der Waals surface area contributed by atoms with Gasteiger partial charge in [-0.1, -0.05) is 34.1 Å². The second kappa shape index (κ2) is 11.4. The van der Waals surface area contributed by atoms with Gasteiger partial charge >= 0.3 is 0 Å². The Morgan fingerprint density at radius 1 is 1.07 bits per heavy atom. The van der Waals surface area contributed by atoms with Crippen molar-refractivity contribution in [1.29, 1.82) is 0 Å². The standard InChI is InChI=1S/C20H35N3O3S/c1-6-10-15-22(17(5)7-2)16-20(24)21-18-11-13-19(14-12-18)27(25,26)23(8-3)9-4/h11-14,17H,6-10,15-16H2,1-5H3,(H,21,24). The largest absolute Gasteiger partial charge is 0.325 e. The molecule has 1 N–H and O–H groups in total. The number of benzene rings is 1. The highest BCUT2D eigenvalue weighted by molar-refractivity contribution is 7.89. The lowest BCUT2D eigenvalue weighted by molar-refractivity contribution is -0.117. The Kier molecular flexibility index (Phi) is 9.98. The fourth-order valence-corrected chi connectivity index (χ4v) is 4.34. The fraction of sp³-hybridized carbons (Fsp3) is 0.650. The quantitative estimate of drug-likeness (QED) is 0.585. The second-order valence-electron chi connectivity index (χ2n) is 6.74. The van der Waals surface area contributed by atoms with Crippen molar-refractivity contribution in [3.63, 3.8) is 0 Å². The van der Waals surface area contributed by atoms with E-state index in [4.69, 9.17) is 0 Å². The highest BCUT2D eigenvalue weighted by Gasteiger charge is 2.21.